The van der Waals surface area contributed by atoms with Gasteiger partial charge >= 0.3 is 6.03 Å². The predicted molar refractivity (Wildman–Crippen MR) is 122 cm³/mol. The zero-order chi connectivity index (χ0) is 22.3. The molecule has 0 saturated heterocycles. The number of anilines is 1. The van der Waals surface area contributed by atoms with Crippen molar-refractivity contribution < 1.29 is 23.7 Å². The van der Waals surface area contributed by atoms with E-state index in [9.17, 15) is 4.79 Å². The first kappa shape index (κ1) is 21.4. The average Bonchev–Trinajstić information content (AvgIpc) is 3.28. The molecule has 4 rings (SSSR count). The van der Waals surface area contributed by atoms with Crippen LogP contribution in [-0.2, 0) is 12.8 Å². The molecule has 1 atom stereocenters. The summed E-state index contributed by atoms with van der Waals surface area (Å²) in [5, 5.41) is 5.99. The Morgan fingerprint density at radius 3 is 2.12 bits per heavy atom. The largest absolute Gasteiger partial charge is 0.497 e. The lowest BCUT2D eigenvalue weighted by molar-refractivity contribution is 0.174. The third-order valence-electron chi connectivity index (χ3n) is 5.24. The quantitative estimate of drug-likeness (QED) is 0.549. The summed E-state index contributed by atoms with van der Waals surface area (Å²) in [5.74, 6) is 3.00. The van der Waals surface area contributed by atoms with Crippen LogP contribution in [0.4, 0.5) is 10.5 Å². The van der Waals surface area contributed by atoms with Gasteiger partial charge in [-0.3, -0.25) is 0 Å². The summed E-state index contributed by atoms with van der Waals surface area (Å²) in [6.07, 6.45) is 1.30. The van der Waals surface area contributed by atoms with Gasteiger partial charge in [0.2, 0.25) is 6.79 Å². The highest BCUT2D eigenvalue weighted by molar-refractivity contribution is 5.89. The van der Waals surface area contributed by atoms with Crippen LogP contribution in [-0.4, -0.2) is 33.1 Å². The molecule has 0 radical (unpaired) electrons. The lowest BCUT2D eigenvalue weighted by Gasteiger charge is -2.20. The maximum atomic E-state index is 12.7. The molecule has 0 aliphatic carbocycles. The first-order chi connectivity index (χ1) is 15.6. The molecule has 0 spiro atoms. The van der Waals surface area contributed by atoms with Crippen LogP contribution in [0, 0.1) is 0 Å². The molecule has 2 N–H and O–H groups in total. The monoisotopic (exact) mass is 434 g/mol. The van der Waals surface area contributed by atoms with Gasteiger partial charge in [0.15, 0.2) is 11.5 Å². The van der Waals surface area contributed by atoms with Crippen molar-refractivity contribution in [3.8, 4) is 23.0 Å². The smallest absolute Gasteiger partial charge is 0.319 e. The summed E-state index contributed by atoms with van der Waals surface area (Å²) in [6, 6.07) is 20.5. The van der Waals surface area contributed by atoms with Gasteiger partial charge in [-0.25, -0.2) is 4.79 Å². The minimum absolute atomic E-state index is 0.137. The Labute approximate surface area is 187 Å². The van der Waals surface area contributed by atoms with Crippen molar-refractivity contribution in [2.45, 2.75) is 18.9 Å². The lowest BCUT2D eigenvalue weighted by atomic mass is 9.98. The molecule has 0 bridgehead atoms. The molecule has 3 aromatic rings. The highest BCUT2D eigenvalue weighted by Crippen LogP contribution is 2.33. The molecular weight excluding hydrogens is 408 g/mol. The van der Waals surface area contributed by atoms with E-state index in [0.29, 0.717) is 18.5 Å². The fourth-order valence-electron chi connectivity index (χ4n) is 3.60. The topological polar surface area (TPSA) is 78.0 Å². The van der Waals surface area contributed by atoms with Crippen molar-refractivity contribution in [1.29, 1.82) is 0 Å². The van der Waals surface area contributed by atoms with Crippen LogP contribution in [0.5, 0.6) is 23.0 Å². The van der Waals surface area contributed by atoms with Crippen molar-refractivity contribution in [2.75, 3.05) is 26.3 Å². The highest BCUT2D eigenvalue weighted by Gasteiger charge is 2.18. The molecule has 32 heavy (non-hydrogen) atoms. The zero-order valence-corrected chi connectivity index (χ0v) is 18.1. The molecule has 0 unspecified atom stereocenters. The maximum Gasteiger partial charge on any atom is 0.319 e. The van der Waals surface area contributed by atoms with Crippen molar-refractivity contribution in [3.05, 3.63) is 77.9 Å². The van der Waals surface area contributed by atoms with Crippen LogP contribution in [0.1, 0.15) is 11.1 Å². The summed E-state index contributed by atoms with van der Waals surface area (Å²) < 4.78 is 21.3. The van der Waals surface area contributed by atoms with Crippen molar-refractivity contribution in [2.24, 2.45) is 0 Å². The Bertz CT molecular complexity index is 1050. The van der Waals surface area contributed by atoms with Crippen molar-refractivity contribution in [3.63, 3.8) is 0 Å². The number of carbonyl (C=O) groups excluding carboxylic acids is 1. The molecule has 1 aliphatic rings. The van der Waals surface area contributed by atoms with Crippen LogP contribution in [0.25, 0.3) is 0 Å². The Balaban J connectivity index is 1.46. The number of fused-ring (bicyclic) bond motifs is 1. The van der Waals surface area contributed by atoms with Gasteiger partial charge < -0.3 is 29.6 Å². The van der Waals surface area contributed by atoms with Crippen LogP contribution in [0.2, 0.25) is 0 Å². The third-order valence-corrected chi connectivity index (χ3v) is 5.24. The van der Waals surface area contributed by atoms with Gasteiger partial charge in [0.1, 0.15) is 11.5 Å². The maximum absolute atomic E-state index is 12.7. The number of hydrogen-bond donors (Lipinski definition) is 2. The molecule has 1 aliphatic heterocycles. The van der Waals surface area contributed by atoms with Gasteiger partial charge in [-0.15, -0.1) is 0 Å². The van der Waals surface area contributed by atoms with Gasteiger partial charge in [-0.1, -0.05) is 18.2 Å². The third kappa shape index (κ3) is 5.43. The van der Waals surface area contributed by atoms with Crippen LogP contribution >= 0.6 is 0 Å². The number of ether oxygens (including phenoxy) is 4. The zero-order valence-electron chi connectivity index (χ0n) is 18.1. The van der Waals surface area contributed by atoms with E-state index in [0.717, 1.165) is 34.1 Å². The minimum Gasteiger partial charge on any atom is -0.497 e. The Morgan fingerprint density at radius 2 is 1.44 bits per heavy atom. The number of methoxy groups -OCH3 is 2. The summed E-state index contributed by atoms with van der Waals surface area (Å²) >= 11 is 0. The second-order valence-corrected chi connectivity index (χ2v) is 7.47. The fraction of sp³-hybridized carbons (Fsp3) is 0.240. The second-order valence-electron chi connectivity index (χ2n) is 7.47. The average molecular weight is 434 g/mol. The molecular formula is C25H26N2O5. The van der Waals surface area contributed by atoms with Gasteiger partial charge in [0.05, 0.1) is 14.2 Å². The van der Waals surface area contributed by atoms with E-state index in [1.165, 1.54) is 0 Å². The van der Waals surface area contributed by atoms with E-state index in [1.54, 1.807) is 38.5 Å². The number of benzene rings is 3. The Hall–Kier alpha value is -3.87. The molecule has 166 valence electrons. The molecule has 0 saturated carbocycles. The number of amides is 2. The van der Waals surface area contributed by atoms with Crippen LogP contribution in [0.3, 0.4) is 0 Å². The molecule has 7 heteroatoms. The van der Waals surface area contributed by atoms with E-state index in [2.05, 4.69) is 10.6 Å². The van der Waals surface area contributed by atoms with Gasteiger partial charge in [0.25, 0.3) is 0 Å². The molecule has 1 heterocycles. The van der Waals surface area contributed by atoms with E-state index in [4.69, 9.17) is 18.9 Å². The number of urea groups is 1. The first-order valence-corrected chi connectivity index (χ1v) is 10.4. The summed E-state index contributed by atoms with van der Waals surface area (Å²) in [6.45, 7) is 0.233. The van der Waals surface area contributed by atoms with E-state index in [1.807, 2.05) is 42.5 Å². The molecule has 7 nitrogen and oxygen atoms in total. The standard InChI is InChI=1S/C25H26N2O5/c1-29-21-8-3-17(4-9-21)13-20(14-18-5-12-23-24(15-18)32-16-31-23)27-25(28)26-19-6-10-22(30-2)11-7-19/h3-12,15,20H,13-14,16H2,1-2H3,(H2,26,27,28)/t20-/m0/s1. The van der Waals surface area contributed by atoms with Gasteiger partial charge in [0, 0.05) is 11.7 Å². The van der Waals surface area contributed by atoms with Crippen molar-refractivity contribution in [1.82, 2.24) is 5.32 Å². The Morgan fingerprint density at radius 1 is 0.844 bits per heavy atom. The minimum atomic E-state index is -0.269. The van der Waals surface area contributed by atoms with Gasteiger partial charge in [-0.2, -0.15) is 0 Å². The predicted octanol–water partition coefficient (Wildman–Crippen LogP) is 4.41. The molecule has 2 amide bonds. The normalized spacial score (nSPS) is 12.7. The summed E-state index contributed by atoms with van der Waals surface area (Å²) in [7, 11) is 3.25. The fourth-order valence-corrected chi connectivity index (χ4v) is 3.60. The number of carbonyl (C=O) groups is 1. The Kier molecular flexibility index (Phi) is 6.65. The lowest BCUT2D eigenvalue weighted by Crippen LogP contribution is -2.40. The summed E-state index contributed by atoms with van der Waals surface area (Å²) in [4.78, 5) is 12.7. The van der Waals surface area contributed by atoms with Crippen LogP contribution < -0.4 is 29.6 Å². The van der Waals surface area contributed by atoms with Crippen LogP contribution in [0.15, 0.2) is 66.7 Å². The van der Waals surface area contributed by atoms with E-state index >= 15 is 0 Å². The SMILES string of the molecule is COc1ccc(C[C@@H](Cc2ccc3c(c2)OCO3)NC(=O)Nc2ccc(OC)cc2)cc1. The second kappa shape index (κ2) is 9.96. The molecule has 0 aromatic heterocycles. The molecule has 3 aromatic carbocycles. The van der Waals surface area contributed by atoms with Crippen molar-refractivity contribution >= 4 is 11.7 Å². The number of rotatable bonds is 8. The van der Waals surface area contributed by atoms with E-state index in [-0.39, 0.29) is 18.9 Å². The van der Waals surface area contributed by atoms with Gasteiger partial charge in [-0.05, 0) is 72.5 Å². The molecule has 0 fully saturated rings. The first-order valence-electron chi connectivity index (χ1n) is 10.4. The number of nitrogens with one attached hydrogen (secondary N) is 2. The highest BCUT2D eigenvalue weighted by atomic mass is 16.7. The summed E-state index contributed by atoms with van der Waals surface area (Å²) in [5.41, 5.74) is 2.84. The van der Waals surface area contributed by atoms with E-state index < -0.39 is 0 Å². The number of hydrogen-bond acceptors (Lipinski definition) is 5.